The first-order chi connectivity index (χ1) is 0. The van der Waals surface area contributed by atoms with Gasteiger partial charge in [0.15, 0.2) is 0 Å². The van der Waals surface area contributed by atoms with Crippen LogP contribution < -0.4 is 0 Å². The molecule has 6 heteroatoms. The Bertz CT molecular complexity index is 15.5. The zero-order valence-corrected chi connectivity index (χ0v) is 16.0. The SMILES string of the molecule is O.[Ce].[La].[Li].[Ta].[Zr]. The molecule has 1 nitrogen and oxygen atoms in total. The van der Waals surface area contributed by atoms with E-state index in [-0.39, 0.29) is 150 Å². The predicted octanol–water partition coefficient (Wildman–Crippen LogP) is -1.21. The molecule has 0 saturated heterocycles. The fraction of sp³-hybridized carbons (Fsp3) is 0. The van der Waals surface area contributed by atoms with Gasteiger partial charge in [0, 0.05) is 145 Å². The molecule has 0 fully saturated rings. The van der Waals surface area contributed by atoms with Crippen LogP contribution in [-0.2, 0) is 48.6 Å². The van der Waals surface area contributed by atoms with Crippen LogP contribution >= 0.6 is 0 Å². The molecule has 0 aliphatic rings. The summed E-state index contributed by atoms with van der Waals surface area (Å²) in [4.78, 5) is 0. The first-order valence-corrected chi connectivity index (χ1v) is 0. The Morgan fingerprint density at radius 2 is 1.00 bits per heavy atom. The standard InChI is InChI=1S/Ce.La.Li.H2O.Ta.Zr/h;;;1H2;;. The molecule has 0 aliphatic carbocycles. The van der Waals surface area contributed by atoms with E-state index in [0.29, 0.717) is 0 Å². The van der Waals surface area contributed by atoms with E-state index in [4.69, 9.17) is 0 Å². The Hall–Kier alpha value is 4.75. The van der Waals surface area contributed by atoms with Crippen molar-refractivity contribution in [2.45, 2.75) is 0 Å². The van der Waals surface area contributed by atoms with Gasteiger partial charge in [-0.2, -0.15) is 0 Å². The predicted molar refractivity (Wildman–Crippen MR) is 9.37 cm³/mol. The molecule has 25 valence electrons. The smallest absolute Gasteiger partial charge is 0 e. The van der Waals surface area contributed by atoms with Gasteiger partial charge in [0.25, 0.3) is 0 Å². The van der Waals surface area contributed by atoms with Crippen LogP contribution in [0, 0.1) is 77.3 Å². The normalized spacial score (nSPS) is 0. The van der Waals surface area contributed by atoms with E-state index >= 15 is 0 Å². The van der Waals surface area contributed by atoms with Crippen LogP contribution in [0.15, 0.2) is 0 Å². The van der Waals surface area contributed by atoms with E-state index in [1.807, 2.05) is 0 Å². The van der Waals surface area contributed by atoms with E-state index in [0.717, 1.165) is 0 Å². The third-order valence-corrected chi connectivity index (χ3v) is 0. The molecule has 0 aromatic heterocycles. The van der Waals surface area contributed by atoms with E-state index in [1.165, 1.54) is 0 Å². The molecule has 0 rings (SSSR count). The molecule has 6 heavy (non-hydrogen) atoms. The van der Waals surface area contributed by atoms with Crippen molar-refractivity contribution in [2.24, 2.45) is 0 Å². The molecule has 0 spiro atoms. The maximum Gasteiger partial charge on any atom is 0 e. The van der Waals surface area contributed by atoms with Gasteiger partial charge in [0.05, 0.1) is 0 Å². The van der Waals surface area contributed by atoms with Crippen molar-refractivity contribution in [2.75, 3.05) is 0 Å². The molecule has 0 saturated carbocycles. The maximum atomic E-state index is 0. The molecule has 0 atom stereocenters. The van der Waals surface area contributed by atoms with E-state index in [1.54, 1.807) is 0 Å². The van der Waals surface area contributed by atoms with Gasteiger partial charge < -0.3 is 5.48 Å². The maximum absolute atomic E-state index is 0. The topological polar surface area (TPSA) is 31.5 Å². The number of hydrogen-bond acceptors (Lipinski definition) is 0. The largest absolute Gasteiger partial charge is 0.412 e. The summed E-state index contributed by atoms with van der Waals surface area (Å²) in [7, 11) is 0. The summed E-state index contributed by atoms with van der Waals surface area (Å²) in [5.74, 6) is 0. The molecular formula is H2CeLaLiOTaZr. The van der Waals surface area contributed by atoms with Gasteiger partial charge in [-0.25, -0.2) is 0 Å². The molecule has 0 unspecified atom stereocenters. The quantitative estimate of drug-likeness (QED) is 0.325. The fourth-order valence-electron chi connectivity index (χ4n) is 0. The average molecular weight is 576 g/mol. The van der Waals surface area contributed by atoms with Gasteiger partial charge in [0.2, 0.25) is 0 Å². The Kier molecular flexibility index (Phi) is 250. The second-order valence-electron chi connectivity index (χ2n) is 0. The zero-order valence-electron chi connectivity index (χ0n) is 3.52. The fourth-order valence-corrected chi connectivity index (χ4v) is 0. The molecule has 0 aromatic rings. The molecule has 0 aromatic carbocycles. The van der Waals surface area contributed by atoms with Crippen molar-refractivity contribution in [1.82, 2.24) is 0 Å². The summed E-state index contributed by atoms with van der Waals surface area (Å²) in [5, 5.41) is 0. The summed E-state index contributed by atoms with van der Waals surface area (Å²) in [6.45, 7) is 0. The van der Waals surface area contributed by atoms with Crippen molar-refractivity contribution in [3.05, 3.63) is 0 Å². The Morgan fingerprint density at radius 3 is 1.00 bits per heavy atom. The monoisotopic (exact) mass is 575 g/mol. The summed E-state index contributed by atoms with van der Waals surface area (Å²) < 4.78 is 0. The van der Waals surface area contributed by atoms with Gasteiger partial charge in [-0.1, -0.05) is 0 Å². The van der Waals surface area contributed by atoms with E-state index < -0.39 is 0 Å². The van der Waals surface area contributed by atoms with Crippen LogP contribution in [0.4, 0.5) is 0 Å². The summed E-state index contributed by atoms with van der Waals surface area (Å²) >= 11 is 0. The van der Waals surface area contributed by atoms with Crippen molar-refractivity contribution >= 4 is 18.9 Å². The molecule has 0 heterocycles. The van der Waals surface area contributed by atoms with Crippen LogP contribution in [0.5, 0.6) is 0 Å². The zero-order chi connectivity index (χ0) is 0. The third kappa shape index (κ3) is 23.3. The molecule has 2 N–H and O–H groups in total. The molecule has 3 radical (unpaired) electrons. The van der Waals surface area contributed by atoms with Crippen molar-refractivity contribution in [1.29, 1.82) is 0 Å². The minimum Gasteiger partial charge on any atom is -0.412 e. The van der Waals surface area contributed by atoms with Crippen LogP contribution in [0.3, 0.4) is 0 Å². The van der Waals surface area contributed by atoms with Crippen LogP contribution in [0.25, 0.3) is 0 Å². The van der Waals surface area contributed by atoms with E-state index in [2.05, 4.69) is 0 Å². The van der Waals surface area contributed by atoms with E-state index in [9.17, 15) is 0 Å². The summed E-state index contributed by atoms with van der Waals surface area (Å²) in [5.41, 5.74) is 0. The first kappa shape index (κ1) is 45.3. The average Bonchev–Trinajstić information content (AvgIpc) is 0. The van der Waals surface area contributed by atoms with Gasteiger partial charge in [-0.15, -0.1) is 0 Å². The van der Waals surface area contributed by atoms with Crippen LogP contribution in [-0.4, -0.2) is 24.3 Å². The van der Waals surface area contributed by atoms with Gasteiger partial charge in [0.1, 0.15) is 0 Å². The van der Waals surface area contributed by atoms with Crippen molar-refractivity contribution < 1.29 is 131 Å². The minimum atomic E-state index is 0. The second-order valence-corrected chi connectivity index (χ2v) is 0. The van der Waals surface area contributed by atoms with Gasteiger partial charge >= 0.3 is 0 Å². The second kappa shape index (κ2) is 33.1. The van der Waals surface area contributed by atoms with Gasteiger partial charge in [-0.05, 0) is 0 Å². The minimum absolute atomic E-state index is 0. The van der Waals surface area contributed by atoms with Crippen molar-refractivity contribution in [3.63, 3.8) is 0 Å². The molecule has 0 bridgehead atoms. The molecule has 0 aliphatic heterocycles. The summed E-state index contributed by atoms with van der Waals surface area (Å²) in [6, 6.07) is 0. The summed E-state index contributed by atoms with van der Waals surface area (Å²) in [6.07, 6.45) is 0. The third-order valence-electron chi connectivity index (χ3n) is 0. The number of rotatable bonds is 0. The van der Waals surface area contributed by atoms with Crippen LogP contribution in [0.1, 0.15) is 0 Å². The van der Waals surface area contributed by atoms with Gasteiger partial charge in [-0.3, -0.25) is 0 Å². The van der Waals surface area contributed by atoms with Crippen molar-refractivity contribution in [3.8, 4) is 0 Å². The number of hydrogen-bond donors (Lipinski definition) is 0. The molecule has 0 amide bonds. The first-order valence-electron chi connectivity index (χ1n) is 0. The van der Waals surface area contributed by atoms with Crippen LogP contribution in [0.2, 0.25) is 0 Å². The molecular weight excluding hydrogens is 574 g/mol. The Balaban J connectivity index is 0. The Morgan fingerprint density at radius 1 is 1.00 bits per heavy atom. The Labute approximate surface area is 146 Å².